The van der Waals surface area contributed by atoms with E-state index in [1.54, 1.807) is 18.2 Å². The first-order chi connectivity index (χ1) is 11.4. The normalized spacial score (nSPS) is 10.1. The van der Waals surface area contributed by atoms with Crippen molar-refractivity contribution in [2.75, 3.05) is 12.4 Å². The third-order valence-electron chi connectivity index (χ3n) is 3.18. The van der Waals surface area contributed by atoms with E-state index in [9.17, 15) is 19.7 Å². The van der Waals surface area contributed by atoms with Crippen molar-refractivity contribution in [3.05, 3.63) is 68.7 Å². The van der Waals surface area contributed by atoms with Gasteiger partial charge < -0.3 is 10.1 Å². The lowest BCUT2D eigenvalue weighted by atomic mass is 10.1. The van der Waals surface area contributed by atoms with Crippen molar-refractivity contribution in [1.82, 2.24) is 0 Å². The highest BCUT2D eigenvalue weighted by Crippen LogP contribution is 2.25. The molecule has 0 aliphatic heterocycles. The van der Waals surface area contributed by atoms with E-state index >= 15 is 0 Å². The lowest BCUT2D eigenvalue weighted by molar-refractivity contribution is -0.384. The lowest BCUT2D eigenvalue weighted by Crippen LogP contribution is -2.17. The van der Waals surface area contributed by atoms with Gasteiger partial charge in [0.2, 0.25) is 5.91 Å². The molecule has 0 fully saturated rings. The predicted molar refractivity (Wildman–Crippen MR) is 88.2 cm³/mol. The van der Waals surface area contributed by atoms with Crippen molar-refractivity contribution in [3.8, 4) is 0 Å². The first-order valence-corrected chi connectivity index (χ1v) is 7.20. The number of hydrogen-bond acceptors (Lipinski definition) is 5. The van der Waals surface area contributed by atoms with Crippen LogP contribution in [0.2, 0.25) is 5.02 Å². The predicted octanol–water partition coefficient (Wildman–Crippen LogP) is 3.22. The van der Waals surface area contributed by atoms with E-state index < -0.39 is 16.8 Å². The number of amides is 1. The van der Waals surface area contributed by atoms with Gasteiger partial charge in [0, 0.05) is 6.07 Å². The molecule has 2 aromatic rings. The topological polar surface area (TPSA) is 98.5 Å². The number of anilines is 1. The fraction of sp³-hybridized carbons (Fsp3) is 0.125. The number of carbonyl (C=O) groups is 2. The largest absolute Gasteiger partial charge is 0.465 e. The Morgan fingerprint density at radius 3 is 2.62 bits per heavy atom. The van der Waals surface area contributed by atoms with Crippen LogP contribution in [0.3, 0.4) is 0 Å². The monoisotopic (exact) mass is 348 g/mol. The van der Waals surface area contributed by atoms with E-state index in [0.29, 0.717) is 11.3 Å². The first-order valence-electron chi connectivity index (χ1n) is 6.82. The summed E-state index contributed by atoms with van der Waals surface area (Å²) in [6.45, 7) is 0. The molecular formula is C16H13ClN2O5. The summed E-state index contributed by atoms with van der Waals surface area (Å²) in [5, 5.41) is 13.5. The number of hydrogen-bond donors (Lipinski definition) is 1. The molecule has 0 aromatic heterocycles. The Labute approximate surface area is 142 Å². The molecule has 1 N–H and O–H groups in total. The number of rotatable bonds is 5. The van der Waals surface area contributed by atoms with E-state index in [2.05, 4.69) is 10.1 Å². The zero-order valence-corrected chi connectivity index (χ0v) is 13.4. The molecule has 124 valence electrons. The van der Waals surface area contributed by atoms with Crippen LogP contribution in [0.1, 0.15) is 15.9 Å². The second-order valence-corrected chi connectivity index (χ2v) is 5.21. The molecule has 2 aromatic carbocycles. The Bertz CT molecular complexity index is 807. The molecule has 0 radical (unpaired) electrons. The Kier molecular flexibility index (Phi) is 5.49. The summed E-state index contributed by atoms with van der Waals surface area (Å²) in [6.07, 6.45) is -0.104. The van der Waals surface area contributed by atoms with Crippen molar-refractivity contribution in [1.29, 1.82) is 0 Å². The van der Waals surface area contributed by atoms with Crippen LogP contribution in [0, 0.1) is 10.1 Å². The Morgan fingerprint density at radius 2 is 1.96 bits per heavy atom. The van der Waals surface area contributed by atoms with Gasteiger partial charge in [-0.25, -0.2) is 4.79 Å². The number of carbonyl (C=O) groups excluding carboxylic acids is 2. The summed E-state index contributed by atoms with van der Waals surface area (Å²) in [5.74, 6) is -1.00. The zero-order chi connectivity index (χ0) is 17.7. The third kappa shape index (κ3) is 4.08. The van der Waals surface area contributed by atoms with Crippen LogP contribution in [0.25, 0.3) is 0 Å². The molecule has 1 amide bonds. The molecule has 8 heteroatoms. The Morgan fingerprint density at radius 1 is 1.25 bits per heavy atom. The average molecular weight is 349 g/mol. The van der Waals surface area contributed by atoms with Gasteiger partial charge in [0.25, 0.3) is 5.69 Å². The van der Waals surface area contributed by atoms with Crippen molar-refractivity contribution in [3.63, 3.8) is 0 Å². The van der Waals surface area contributed by atoms with Gasteiger partial charge in [-0.3, -0.25) is 14.9 Å². The van der Waals surface area contributed by atoms with Gasteiger partial charge in [-0.15, -0.1) is 0 Å². The van der Waals surface area contributed by atoms with Crippen LogP contribution in [0.15, 0.2) is 42.5 Å². The molecule has 0 saturated heterocycles. The van der Waals surface area contributed by atoms with Crippen LogP contribution in [-0.2, 0) is 16.0 Å². The number of nitro benzene ring substituents is 1. The van der Waals surface area contributed by atoms with Gasteiger partial charge in [-0.05, 0) is 23.8 Å². The maximum atomic E-state index is 12.1. The molecule has 0 heterocycles. The van der Waals surface area contributed by atoms with E-state index in [0.717, 1.165) is 0 Å². The maximum absolute atomic E-state index is 12.1. The molecule has 0 aliphatic rings. The Hall–Kier alpha value is -2.93. The highest BCUT2D eigenvalue weighted by molar-refractivity contribution is 6.32. The average Bonchev–Trinajstić information content (AvgIpc) is 2.56. The standard InChI is InChI=1S/C16H13ClN2O5/c1-24-16(21)11-4-2-3-5-13(11)18-15(20)9-10-6-7-12(17)14(8-10)19(22)23/h2-8H,9H2,1H3,(H,18,20). The highest BCUT2D eigenvalue weighted by atomic mass is 35.5. The van der Waals surface area contributed by atoms with Crippen LogP contribution in [-0.4, -0.2) is 23.9 Å². The van der Waals surface area contributed by atoms with Gasteiger partial charge >= 0.3 is 5.97 Å². The van der Waals surface area contributed by atoms with Crippen LogP contribution >= 0.6 is 11.6 Å². The second kappa shape index (κ2) is 7.56. The summed E-state index contributed by atoms with van der Waals surface area (Å²) in [5.41, 5.74) is 0.685. The number of methoxy groups -OCH3 is 1. The fourth-order valence-corrected chi connectivity index (χ4v) is 2.25. The first kappa shape index (κ1) is 17.4. The van der Waals surface area contributed by atoms with Crippen LogP contribution in [0.5, 0.6) is 0 Å². The highest BCUT2D eigenvalue weighted by Gasteiger charge is 2.16. The summed E-state index contributed by atoms with van der Waals surface area (Å²) < 4.78 is 4.65. The molecule has 7 nitrogen and oxygen atoms in total. The summed E-state index contributed by atoms with van der Waals surface area (Å²) >= 11 is 5.74. The minimum Gasteiger partial charge on any atom is -0.465 e. The molecule has 24 heavy (non-hydrogen) atoms. The van der Waals surface area contributed by atoms with Gasteiger partial charge in [0.15, 0.2) is 0 Å². The zero-order valence-electron chi connectivity index (χ0n) is 12.6. The summed E-state index contributed by atoms with van der Waals surface area (Å²) in [6, 6.07) is 10.5. The maximum Gasteiger partial charge on any atom is 0.339 e. The van der Waals surface area contributed by atoms with E-state index in [1.165, 1.54) is 31.4 Å². The number of nitrogens with one attached hydrogen (secondary N) is 1. The molecule has 0 unspecified atom stereocenters. The summed E-state index contributed by atoms with van der Waals surface area (Å²) in [4.78, 5) is 34.1. The number of nitro groups is 1. The molecule has 0 aliphatic carbocycles. The van der Waals surface area contributed by atoms with E-state index in [1.807, 2.05) is 0 Å². The number of nitrogens with zero attached hydrogens (tertiary/aromatic N) is 1. The number of benzene rings is 2. The van der Waals surface area contributed by atoms with Crippen molar-refractivity contribution in [2.24, 2.45) is 0 Å². The van der Waals surface area contributed by atoms with Gasteiger partial charge in [-0.1, -0.05) is 29.8 Å². The lowest BCUT2D eigenvalue weighted by Gasteiger charge is -2.09. The van der Waals surface area contributed by atoms with Crippen LogP contribution < -0.4 is 5.32 Å². The van der Waals surface area contributed by atoms with Crippen molar-refractivity contribution < 1.29 is 19.2 Å². The smallest absolute Gasteiger partial charge is 0.339 e. The second-order valence-electron chi connectivity index (χ2n) is 4.80. The molecule has 0 atom stereocenters. The quantitative estimate of drug-likeness (QED) is 0.508. The molecular weight excluding hydrogens is 336 g/mol. The van der Waals surface area contributed by atoms with Crippen molar-refractivity contribution in [2.45, 2.75) is 6.42 Å². The molecule has 0 saturated carbocycles. The van der Waals surface area contributed by atoms with Gasteiger partial charge in [0.1, 0.15) is 5.02 Å². The molecule has 2 rings (SSSR count). The number of esters is 1. The SMILES string of the molecule is COC(=O)c1ccccc1NC(=O)Cc1ccc(Cl)c([N+](=O)[O-])c1. The molecule has 0 bridgehead atoms. The number of ether oxygens (including phenoxy) is 1. The van der Waals surface area contributed by atoms with Gasteiger partial charge in [-0.2, -0.15) is 0 Å². The Balaban J connectivity index is 2.16. The van der Waals surface area contributed by atoms with Crippen LogP contribution in [0.4, 0.5) is 11.4 Å². The van der Waals surface area contributed by atoms with E-state index in [4.69, 9.17) is 11.6 Å². The third-order valence-corrected chi connectivity index (χ3v) is 3.50. The van der Waals surface area contributed by atoms with Gasteiger partial charge in [0.05, 0.1) is 29.7 Å². The van der Waals surface area contributed by atoms with E-state index in [-0.39, 0.29) is 22.7 Å². The minimum atomic E-state index is -0.615. The minimum absolute atomic E-state index is 0.000181. The number of halogens is 1. The fourth-order valence-electron chi connectivity index (χ4n) is 2.07. The summed E-state index contributed by atoms with van der Waals surface area (Å²) in [7, 11) is 1.24. The molecule has 0 spiro atoms. The number of para-hydroxylation sites is 1. The van der Waals surface area contributed by atoms with Crippen molar-refractivity contribution >= 4 is 34.9 Å².